The van der Waals surface area contributed by atoms with Gasteiger partial charge in [0.05, 0.1) is 11.0 Å². The van der Waals surface area contributed by atoms with Crippen LogP contribution in [0.4, 0.5) is 5.69 Å². The van der Waals surface area contributed by atoms with Crippen LogP contribution in [0.2, 0.25) is 0 Å². The lowest BCUT2D eigenvalue weighted by Crippen LogP contribution is -2.19. The van der Waals surface area contributed by atoms with Crippen molar-refractivity contribution in [2.75, 3.05) is 5.75 Å². The van der Waals surface area contributed by atoms with Crippen LogP contribution in [0.1, 0.15) is 25.0 Å². The molecule has 0 aliphatic carbocycles. The Morgan fingerprint density at radius 2 is 2.16 bits per heavy atom. The lowest BCUT2D eigenvalue weighted by atomic mass is 10.0. The van der Waals surface area contributed by atoms with Crippen molar-refractivity contribution in [3.63, 3.8) is 0 Å². The van der Waals surface area contributed by atoms with Crippen molar-refractivity contribution in [2.24, 2.45) is 0 Å². The summed E-state index contributed by atoms with van der Waals surface area (Å²) in [4.78, 5) is 20.8. The molecule has 2 N–H and O–H groups in total. The van der Waals surface area contributed by atoms with Crippen molar-refractivity contribution in [3.05, 3.63) is 39.9 Å². The molecule has 0 aliphatic rings. The molecule has 0 radical (unpaired) electrons. The molecule has 2 atom stereocenters. The van der Waals surface area contributed by atoms with Gasteiger partial charge in [-0.15, -0.1) is 0 Å². The van der Waals surface area contributed by atoms with E-state index < -0.39 is 17.1 Å². The van der Waals surface area contributed by atoms with E-state index >= 15 is 0 Å². The number of carbonyl (C=O) groups excluding carboxylic acids is 1. The van der Waals surface area contributed by atoms with Crippen LogP contribution in [0, 0.1) is 10.1 Å². The van der Waals surface area contributed by atoms with Crippen LogP contribution in [0.15, 0.2) is 24.3 Å². The third-order valence-corrected chi connectivity index (χ3v) is 3.35. The standard InChI is InChI=1S/C12H15NO5S/c1-8(14)19-6-5-11(15)12(16)9-3-2-4-10(7-9)13(17)18/h2-4,7,11-12,15-16H,5-6H2,1H3. The van der Waals surface area contributed by atoms with Crippen molar-refractivity contribution in [3.8, 4) is 0 Å². The summed E-state index contributed by atoms with van der Waals surface area (Å²) in [5, 5.41) is 30.2. The van der Waals surface area contributed by atoms with Gasteiger partial charge >= 0.3 is 0 Å². The summed E-state index contributed by atoms with van der Waals surface area (Å²) >= 11 is 1.06. The van der Waals surface area contributed by atoms with Gasteiger partial charge < -0.3 is 10.2 Å². The second kappa shape index (κ2) is 7.22. The Hall–Kier alpha value is -1.44. The third-order valence-electron chi connectivity index (χ3n) is 2.51. The number of rotatable bonds is 6. The highest BCUT2D eigenvalue weighted by atomic mass is 32.2. The lowest BCUT2D eigenvalue weighted by Gasteiger charge is -2.17. The largest absolute Gasteiger partial charge is 0.390 e. The summed E-state index contributed by atoms with van der Waals surface area (Å²) in [7, 11) is 0. The molecule has 104 valence electrons. The minimum Gasteiger partial charge on any atom is -0.390 e. The van der Waals surface area contributed by atoms with Crippen LogP contribution in [0.25, 0.3) is 0 Å². The monoisotopic (exact) mass is 285 g/mol. The molecule has 1 aromatic rings. The number of benzene rings is 1. The Bertz CT molecular complexity index is 465. The molecule has 19 heavy (non-hydrogen) atoms. The van der Waals surface area contributed by atoms with E-state index in [1.54, 1.807) is 0 Å². The Balaban J connectivity index is 2.65. The third kappa shape index (κ3) is 4.98. The zero-order valence-electron chi connectivity index (χ0n) is 10.4. The zero-order chi connectivity index (χ0) is 14.4. The van der Waals surface area contributed by atoms with Crippen LogP contribution >= 0.6 is 11.8 Å². The first-order valence-corrected chi connectivity index (χ1v) is 6.64. The quantitative estimate of drug-likeness (QED) is 0.609. The van der Waals surface area contributed by atoms with E-state index in [4.69, 9.17) is 0 Å². The average Bonchev–Trinajstić information content (AvgIpc) is 2.37. The Morgan fingerprint density at radius 3 is 2.74 bits per heavy atom. The number of aliphatic hydroxyl groups is 2. The van der Waals surface area contributed by atoms with Gasteiger partial charge in [0.2, 0.25) is 0 Å². The molecule has 0 spiro atoms. The number of carbonyl (C=O) groups is 1. The van der Waals surface area contributed by atoms with E-state index in [1.807, 2.05) is 0 Å². The second-order valence-electron chi connectivity index (χ2n) is 3.99. The fourth-order valence-electron chi connectivity index (χ4n) is 1.53. The predicted molar refractivity (Wildman–Crippen MR) is 71.8 cm³/mol. The van der Waals surface area contributed by atoms with E-state index in [1.165, 1.54) is 31.2 Å². The molecule has 7 heteroatoms. The van der Waals surface area contributed by atoms with Crippen LogP contribution in [-0.4, -0.2) is 32.1 Å². The topological polar surface area (TPSA) is 101 Å². The number of nitro groups is 1. The maximum atomic E-state index is 10.7. The molecule has 2 unspecified atom stereocenters. The van der Waals surface area contributed by atoms with Crippen molar-refractivity contribution in [1.29, 1.82) is 0 Å². The molecule has 0 saturated heterocycles. The molecule has 0 amide bonds. The summed E-state index contributed by atoms with van der Waals surface area (Å²) < 4.78 is 0. The Labute approximate surface area is 114 Å². The lowest BCUT2D eigenvalue weighted by molar-refractivity contribution is -0.385. The van der Waals surface area contributed by atoms with Crippen LogP contribution in [0.3, 0.4) is 0 Å². The van der Waals surface area contributed by atoms with Crippen LogP contribution in [0.5, 0.6) is 0 Å². The molecule has 0 bridgehead atoms. The predicted octanol–water partition coefficient (Wildman–Crippen LogP) is 1.66. The number of nitrogens with zero attached hydrogens (tertiary/aromatic N) is 1. The maximum absolute atomic E-state index is 10.7. The molecule has 0 aromatic heterocycles. The van der Waals surface area contributed by atoms with E-state index in [0.717, 1.165) is 11.8 Å². The number of hydrogen-bond acceptors (Lipinski definition) is 6. The van der Waals surface area contributed by atoms with Crippen LogP contribution in [-0.2, 0) is 4.79 Å². The van der Waals surface area contributed by atoms with Gasteiger partial charge in [-0.25, -0.2) is 0 Å². The fourth-order valence-corrected chi connectivity index (χ4v) is 2.17. The van der Waals surface area contributed by atoms with Crippen LogP contribution < -0.4 is 0 Å². The molecule has 1 aromatic carbocycles. The summed E-state index contributed by atoms with van der Waals surface area (Å²) in [6.45, 7) is 1.42. The van der Waals surface area contributed by atoms with Crippen molar-refractivity contribution < 1.29 is 19.9 Å². The van der Waals surface area contributed by atoms with Gasteiger partial charge in [-0.2, -0.15) is 0 Å². The fraction of sp³-hybridized carbons (Fsp3) is 0.417. The zero-order valence-corrected chi connectivity index (χ0v) is 11.2. The van der Waals surface area contributed by atoms with Gasteiger partial charge in [0, 0.05) is 24.8 Å². The molecule has 0 aliphatic heterocycles. The number of aliphatic hydroxyl groups excluding tert-OH is 2. The van der Waals surface area contributed by atoms with Gasteiger partial charge in [-0.1, -0.05) is 23.9 Å². The summed E-state index contributed by atoms with van der Waals surface area (Å²) in [6.07, 6.45) is -2.03. The SMILES string of the molecule is CC(=O)SCCC(O)C(O)c1cccc([N+](=O)[O-])c1. The Morgan fingerprint density at radius 1 is 1.47 bits per heavy atom. The van der Waals surface area contributed by atoms with E-state index in [2.05, 4.69) is 0 Å². The van der Waals surface area contributed by atoms with E-state index in [0.29, 0.717) is 5.75 Å². The molecule has 0 heterocycles. The number of nitro benzene ring substituents is 1. The van der Waals surface area contributed by atoms with Gasteiger partial charge in [0.1, 0.15) is 6.10 Å². The van der Waals surface area contributed by atoms with Crippen molar-refractivity contribution in [1.82, 2.24) is 0 Å². The number of hydrogen-bond donors (Lipinski definition) is 2. The van der Waals surface area contributed by atoms with E-state index in [-0.39, 0.29) is 22.8 Å². The first kappa shape index (κ1) is 15.6. The van der Waals surface area contributed by atoms with Gasteiger partial charge in [0.25, 0.3) is 5.69 Å². The Kier molecular flexibility index (Phi) is 5.94. The van der Waals surface area contributed by atoms with Crippen molar-refractivity contribution in [2.45, 2.75) is 25.6 Å². The number of thioether (sulfide) groups is 1. The highest BCUT2D eigenvalue weighted by Gasteiger charge is 2.20. The molecular formula is C12H15NO5S. The normalized spacial score (nSPS) is 13.8. The molecule has 0 saturated carbocycles. The smallest absolute Gasteiger partial charge is 0.269 e. The molecule has 0 fully saturated rings. The van der Waals surface area contributed by atoms with E-state index in [9.17, 15) is 25.1 Å². The van der Waals surface area contributed by atoms with Gasteiger partial charge in [0.15, 0.2) is 5.12 Å². The average molecular weight is 285 g/mol. The highest BCUT2D eigenvalue weighted by Crippen LogP contribution is 2.23. The second-order valence-corrected chi connectivity index (χ2v) is 5.26. The minimum atomic E-state index is -1.20. The van der Waals surface area contributed by atoms with Crippen molar-refractivity contribution >= 4 is 22.6 Å². The summed E-state index contributed by atoms with van der Waals surface area (Å²) in [5.41, 5.74) is 0.149. The molecular weight excluding hydrogens is 270 g/mol. The van der Waals surface area contributed by atoms with Gasteiger partial charge in [-0.05, 0) is 12.0 Å². The first-order chi connectivity index (χ1) is 8.91. The minimum absolute atomic E-state index is 0.0583. The molecule has 1 rings (SSSR count). The highest BCUT2D eigenvalue weighted by molar-refractivity contribution is 8.13. The van der Waals surface area contributed by atoms with Gasteiger partial charge in [-0.3, -0.25) is 14.9 Å². The molecule has 6 nitrogen and oxygen atoms in total. The first-order valence-electron chi connectivity index (χ1n) is 5.65. The number of non-ortho nitro benzene ring substituents is 1. The maximum Gasteiger partial charge on any atom is 0.269 e. The summed E-state index contributed by atoms with van der Waals surface area (Å²) in [5.74, 6) is 0.391. The summed E-state index contributed by atoms with van der Waals surface area (Å²) in [6, 6.07) is 5.51.